The highest BCUT2D eigenvalue weighted by atomic mass is 16.3. The third kappa shape index (κ3) is 5.06. The van der Waals surface area contributed by atoms with Gasteiger partial charge in [0.05, 0.1) is 16.8 Å². The number of hydrogen-bond acceptors (Lipinski definition) is 3. The van der Waals surface area contributed by atoms with Crippen molar-refractivity contribution in [2.75, 3.05) is 0 Å². The first-order valence-corrected chi connectivity index (χ1v) is 21.2. The van der Waals surface area contributed by atoms with Gasteiger partial charge in [-0.3, -0.25) is 0 Å². The molecule has 2 aliphatic rings. The molecule has 3 nitrogen and oxygen atoms in total. The summed E-state index contributed by atoms with van der Waals surface area (Å²) in [5.74, 6) is 0.665. The van der Waals surface area contributed by atoms with Gasteiger partial charge in [0.25, 0.3) is 0 Å². The third-order valence-electron chi connectivity index (χ3n) is 13.2. The fraction of sp³-hybridized carbons (Fsp3) is 0.0169. The molecule has 0 fully saturated rings. The summed E-state index contributed by atoms with van der Waals surface area (Å²) in [7, 11) is 0. The number of furan rings is 1. The van der Waals surface area contributed by atoms with E-state index in [9.17, 15) is 0 Å². The van der Waals surface area contributed by atoms with Crippen LogP contribution in [0.25, 0.3) is 100 Å². The van der Waals surface area contributed by atoms with E-state index in [1.165, 1.54) is 61.2 Å². The number of para-hydroxylation sites is 1. The first-order valence-electron chi connectivity index (χ1n) is 21.2. The number of hydrogen-bond donors (Lipinski definition) is 0. The minimum atomic E-state index is -0.603. The van der Waals surface area contributed by atoms with E-state index in [1.54, 1.807) is 0 Å². The van der Waals surface area contributed by atoms with Crippen molar-refractivity contribution < 1.29 is 4.42 Å². The normalized spacial score (nSPS) is 13.0. The Balaban J connectivity index is 1.07. The Morgan fingerprint density at radius 2 is 0.758 bits per heavy atom. The highest BCUT2D eigenvalue weighted by molar-refractivity contribution is 6.06. The lowest BCUT2D eigenvalue weighted by Gasteiger charge is -2.35. The highest BCUT2D eigenvalue weighted by Crippen LogP contribution is 2.61. The second-order valence-electron chi connectivity index (χ2n) is 16.4. The van der Waals surface area contributed by atoms with Crippen molar-refractivity contribution in [1.29, 1.82) is 0 Å². The molecule has 2 aliphatic carbocycles. The second kappa shape index (κ2) is 13.4. The van der Waals surface area contributed by atoms with Crippen molar-refractivity contribution in [1.82, 2.24) is 9.97 Å². The smallest absolute Gasteiger partial charge is 0.160 e. The molecule has 1 spiro atoms. The molecule has 0 saturated heterocycles. The van der Waals surface area contributed by atoms with E-state index in [0.717, 1.165) is 55.6 Å². The van der Waals surface area contributed by atoms with E-state index in [1.807, 2.05) is 12.1 Å². The van der Waals surface area contributed by atoms with Gasteiger partial charge in [-0.25, -0.2) is 9.97 Å². The lowest BCUT2D eigenvalue weighted by molar-refractivity contribution is 0.669. The number of fused-ring (bicyclic) bond motifs is 15. The van der Waals surface area contributed by atoms with Gasteiger partial charge in [-0.15, -0.1) is 0 Å². The van der Waals surface area contributed by atoms with Crippen LogP contribution in [0.3, 0.4) is 0 Å². The SMILES string of the molecule is c1ccc(-c2ccc(-c3cc(-c4ccc5c(c4)oc4ccccc45)nc(-c4ccc5c(c4)C4(c6ccccc6-c6ccccc6-5)c5ccccc5-c5ccccc54)n3)cc2)cc1. The molecule has 0 saturated carbocycles. The average molecular weight is 789 g/mol. The number of nitrogens with zero attached hydrogens (tertiary/aromatic N) is 2. The van der Waals surface area contributed by atoms with E-state index in [0.29, 0.717) is 5.82 Å². The van der Waals surface area contributed by atoms with Crippen molar-refractivity contribution in [3.8, 4) is 78.4 Å². The minimum absolute atomic E-state index is 0.603. The van der Waals surface area contributed by atoms with Gasteiger partial charge in [-0.1, -0.05) is 188 Å². The van der Waals surface area contributed by atoms with Crippen molar-refractivity contribution in [2.45, 2.75) is 5.41 Å². The monoisotopic (exact) mass is 788 g/mol. The molecule has 9 aromatic carbocycles. The Labute approximate surface area is 359 Å². The maximum Gasteiger partial charge on any atom is 0.160 e. The van der Waals surface area contributed by atoms with Gasteiger partial charge >= 0.3 is 0 Å². The fourth-order valence-corrected chi connectivity index (χ4v) is 10.4. The molecule has 3 heteroatoms. The van der Waals surface area contributed by atoms with Crippen LogP contribution in [0.2, 0.25) is 0 Å². The van der Waals surface area contributed by atoms with Crippen molar-refractivity contribution >= 4 is 21.9 Å². The second-order valence-corrected chi connectivity index (χ2v) is 16.4. The maximum atomic E-state index is 6.40. The molecule has 0 radical (unpaired) electrons. The Kier molecular flexibility index (Phi) is 7.52. The van der Waals surface area contributed by atoms with Crippen LogP contribution in [0.5, 0.6) is 0 Å². The van der Waals surface area contributed by atoms with E-state index in [-0.39, 0.29) is 0 Å². The van der Waals surface area contributed by atoms with E-state index < -0.39 is 5.41 Å². The Bertz CT molecular complexity index is 3540. The van der Waals surface area contributed by atoms with Gasteiger partial charge in [0.15, 0.2) is 5.82 Å². The summed E-state index contributed by atoms with van der Waals surface area (Å²) >= 11 is 0. The van der Waals surface area contributed by atoms with Crippen LogP contribution in [-0.2, 0) is 5.41 Å². The Morgan fingerprint density at radius 3 is 1.44 bits per heavy atom. The molecule has 0 N–H and O–H groups in total. The fourth-order valence-electron chi connectivity index (χ4n) is 10.4. The van der Waals surface area contributed by atoms with Crippen LogP contribution < -0.4 is 0 Å². The van der Waals surface area contributed by atoms with Crippen LogP contribution in [0.1, 0.15) is 22.3 Å². The molecule has 2 aromatic heterocycles. The van der Waals surface area contributed by atoms with Crippen molar-refractivity contribution in [3.05, 3.63) is 241 Å². The summed E-state index contributed by atoms with van der Waals surface area (Å²) in [6.45, 7) is 0. The molecule has 2 heterocycles. The Morgan fingerprint density at radius 1 is 0.290 bits per heavy atom. The summed E-state index contributed by atoms with van der Waals surface area (Å²) in [6, 6.07) is 78.7. The standard InChI is InChI=1S/C59H36N2O/c1-2-14-37(15-3-1)38-26-28-39(29-27-38)54-36-55(40-30-33-49-48-21-9-13-25-56(48)62-57(49)35-40)61-58(60-54)41-31-32-47-43-17-5-4-16-42(43)44-18-6-10-22-50(44)59(53(47)34-41)51-23-11-7-19-45(51)46-20-8-12-24-52(46)59/h1-36H. The van der Waals surface area contributed by atoms with Gasteiger partial charge < -0.3 is 4.42 Å². The van der Waals surface area contributed by atoms with Crippen LogP contribution in [0.4, 0.5) is 0 Å². The number of rotatable bonds is 4. The zero-order valence-corrected chi connectivity index (χ0v) is 33.6. The topological polar surface area (TPSA) is 38.9 Å². The summed E-state index contributed by atoms with van der Waals surface area (Å²) in [6.07, 6.45) is 0. The molecule has 0 amide bonds. The molecule has 0 unspecified atom stereocenters. The zero-order valence-electron chi connectivity index (χ0n) is 33.6. The molecule has 0 bridgehead atoms. The number of aromatic nitrogens is 2. The Hall–Kier alpha value is -8.14. The van der Waals surface area contributed by atoms with E-state index in [2.05, 4.69) is 206 Å². The summed E-state index contributed by atoms with van der Waals surface area (Å²) < 4.78 is 6.40. The van der Waals surface area contributed by atoms with Crippen LogP contribution in [0, 0.1) is 0 Å². The first kappa shape index (κ1) is 34.7. The van der Waals surface area contributed by atoms with Crippen LogP contribution >= 0.6 is 0 Å². The van der Waals surface area contributed by atoms with Crippen molar-refractivity contribution in [2.24, 2.45) is 0 Å². The van der Waals surface area contributed by atoms with E-state index in [4.69, 9.17) is 14.4 Å². The molecular formula is C59H36N2O. The molecule has 0 aliphatic heterocycles. The predicted molar refractivity (Wildman–Crippen MR) is 253 cm³/mol. The molecule has 11 aromatic rings. The van der Waals surface area contributed by atoms with Crippen LogP contribution in [-0.4, -0.2) is 9.97 Å². The number of benzene rings is 9. The van der Waals surface area contributed by atoms with Gasteiger partial charge in [0, 0.05) is 27.5 Å². The first-order chi connectivity index (χ1) is 30.7. The minimum Gasteiger partial charge on any atom is -0.456 e. The molecule has 0 atom stereocenters. The average Bonchev–Trinajstić information content (AvgIpc) is 3.84. The van der Waals surface area contributed by atoms with Gasteiger partial charge in [0.2, 0.25) is 0 Å². The van der Waals surface area contributed by atoms with E-state index >= 15 is 0 Å². The summed E-state index contributed by atoms with van der Waals surface area (Å²) in [4.78, 5) is 10.9. The van der Waals surface area contributed by atoms with Gasteiger partial charge in [0.1, 0.15) is 11.2 Å². The quantitative estimate of drug-likeness (QED) is 0.178. The van der Waals surface area contributed by atoms with Crippen molar-refractivity contribution in [3.63, 3.8) is 0 Å². The zero-order chi connectivity index (χ0) is 40.8. The molecule has 62 heavy (non-hydrogen) atoms. The van der Waals surface area contributed by atoms with Gasteiger partial charge in [-0.2, -0.15) is 0 Å². The molecule has 288 valence electrons. The maximum absolute atomic E-state index is 6.40. The molecule has 13 rings (SSSR count). The van der Waals surface area contributed by atoms with Crippen LogP contribution in [0.15, 0.2) is 223 Å². The van der Waals surface area contributed by atoms with Gasteiger partial charge in [-0.05, 0) is 97.1 Å². The summed E-state index contributed by atoms with van der Waals surface area (Å²) in [5.41, 5.74) is 20.6. The predicted octanol–water partition coefficient (Wildman–Crippen LogP) is 15.1. The third-order valence-corrected chi connectivity index (χ3v) is 13.2. The largest absolute Gasteiger partial charge is 0.456 e. The molecular weight excluding hydrogens is 753 g/mol. The highest BCUT2D eigenvalue weighted by Gasteiger charge is 2.49. The lowest BCUT2D eigenvalue weighted by atomic mass is 9.65. The summed E-state index contributed by atoms with van der Waals surface area (Å²) in [5, 5.41) is 2.19. The lowest BCUT2D eigenvalue weighted by Crippen LogP contribution is -2.29.